The molecular formula is C24H21N5O4S. The summed E-state index contributed by atoms with van der Waals surface area (Å²) in [4.78, 5) is 23.5. The van der Waals surface area contributed by atoms with E-state index in [2.05, 4.69) is 15.5 Å². The number of phenolic OH excluding ortho intramolecular Hbond substituents is 1. The number of carbonyl (C=O) groups is 1. The van der Waals surface area contributed by atoms with Crippen molar-refractivity contribution >= 4 is 29.0 Å². The van der Waals surface area contributed by atoms with Crippen LogP contribution >= 0.6 is 11.8 Å². The van der Waals surface area contributed by atoms with Crippen LogP contribution in [0.4, 0.5) is 11.4 Å². The second-order valence-corrected chi connectivity index (χ2v) is 8.84. The predicted octanol–water partition coefficient (Wildman–Crippen LogP) is 4.98. The van der Waals surface area contributed by atoms with Crippen molar-refractivity contribution in [2.24, 2.45) is 0 Å². The lowest BCUT2D eigenvalue weighted by atomic mass is 10.2. The smallest absolute Gasteiger partial charge is 0.271 e. The summed E-state index contributed by atoms with van der Waals surface area (Å²) in [5, 5.41) is 32.1. The number of amides is 1. The number of aryl methyl sites for hydroxylation is 1. The van der Waals surface area contributed by atoms with Crippen LogP contribution in [0.3, 0.4) is 0 Å². The number of hydrogen-bond acceptors (Lipinski definition) is 7. The third-order valence-corrected chi connectivity index (χ3v) is 6.16. The van der Waals surface area contributed by atoms with Crippen LogP contribution in [0.5, 0.6) is 5.75 Å². The van der Waals surface area contributed by atoms with Crippen molar-refractivity contribution in [3.63, 3.8) is 0 Å². The number of hydrogen-bond donors (Lipinski definition) is 2. The molecule has 0 bridgehead atoms. The third-order valence-electron chi connectivity index (χ3n) is 5.11. The van der Waals surface area contributed by atoms with E-state index in [1.807, 2.05) is 34.9 Å². The number of non-ortho nitro benzene ring substituents is 1. The van der Waals surface area contributed by atoms with Gasteiger partial charge in [-0.25, -0.2) is 0 Å². The average molecular weight is 476 g/mol. The topological polar surface area (TPSA) is 123 Å². The number of phenols is 1. The zero-order valence-electron chi connectivity index (χ0n) is 18.4. The summed E-state index contributed by atoms with van der Waals surface area (Å²) < 4.78 is 1.85. The van der Waals surface area contributed by atoms with Gasteiger partial charge in [-0.15, -0.1) is 10.2 Å². The predicted molar refractivity (Wildman–Crippen MR) is 130 cm³/mol. The van der Waals surface area contributed by atoms with E-state index in [1.54, 1.807) is 44.2 Å². The van der Waals surface area contributed by atoms with E-state index in [4.69, 9.17) is 0 Å². The number of thioether (sulfide) groups is 1. The first kappa shape index (κ1) is 23.0. The Morgan fingerprint density at radius 3 is 2.47 bits per heavy atom. The molecule has 10 heteroatoms. The van der Waals surface area contributed by atoms with Crippen LogP contribution in [0.25, 0.3) is 17.1 Å². The summed E-state index contributed by atoms with van der Waals surface area (Å²) >= 11 is 1.22. The van der Waals surface area contributed by atoms with E-state index >= 15 is 0 Å². The number of aromatic hydroxyl groups is 1. The van der Waals surface area contributed by atoms with Crippen molar-refractivity contribution in [2.75, 3.05) is 5.32 Å². The molecule has 1 aromatic heterocycles. The summed E-state index contributed by atoms with van der Waals surface area (Å²) in [6, 6.07) is 20.5. The fourth-order valence-corrected chi connectivity index (χ4v) is 4.13. The van der Waals surface area contributed by atoms with E-state index in [1.165, 1.54) is 23.9 Å². The number of nitrogens with one attached hydrogen (secondary N) is 1. The molecule has 34 heavy (non-hydrogen) atoms. The molecule has 0 saturated carbocycles. The van der Waals surface area contributed by atoms with Crippen LogP contribution in [-0.4, -0.2) is 36.0 Å². The fourth-order valence-electron chi connectivity index (χ4n) is 3.26. The Labute approximate surface area is 199 Å². The summed E-state index contributed by atoms with van der Waals surface area (Å²) in [7, 11) is 0. The number of para-hydroxylation sites is 1. The SMILES string of the molecule is Cc1ccc([N+](=O)[O-])cc1NC(=O)C(C)Sc1nnc(-c2ccc(O)cc2)n1-c1ccccc1. The highest BCUT2D eigenvalue weighted by atomic mass is 32.2. The van der Waals surface area contributed by atoms with Crippen LogP contribution < -0.4 is 5.32 Å². The minimum absolute atomic E-state index is 0.0939. The van der Waals surface area contributed by atoms with Gasteiger partial charge in [-0.05, 0) is 55.8 Å². The Hall–Kier alpha value is -4.18. The van der Waals surface area contributed by atoms with Crippen LogP contribution in [-0.2, 0) is 4.79 Å². The fraction of sp³-hybridized carbons (Fsp3) is 0.125. The molecule has 1 amide bonds. The van der Waals surface area contributed by atoms with Gasteiger partial charge in [0.2, 0.25) is 5.91 Å². The number of rotatable bonds is 7. The van der Waals surface area contributed by atoms with E-state index in [0.717, 1.165) is 16.8 Å². The first-order chi connectivity index (χ1) is 16.3. The summed E-state index contributed by atoms with van der Waals surface area (Å²) in [5.41, 5.74) is 2.59. The van der Waals surface area contributed by atoms with Gasteiger partial charge in [-0.2, -0.15) is 0 Å². The normalized spacial score (nSPS) is 11.7. The molecule has 1 heterocycles. The minimum atomic E-state index is -0.571. The third kappa shape index (κ3) is 4.91. The van der Waals surface area contributed by atoms with Crippen molar-refractivity contribution < 1.29 is 14.8 Å². The van der Waals surface area contributed by atoms with E-state index in [-0.39, 0.29) is 17.3 Å². The molecule has 0 aliphatic rings. The molecule has 4 rings (SSSR count). The van der Waals surface area contributed by atoms with Gasteiger partial charge in [0.15, 0.2) is 11.0 Å². The standard InChI is InChI=1S/C24H21N5O4S/c1-15-8-11-19(29(32)33)14-21(15)25-23(31)16(2)34-24-27-26-22(17-9-12-20(30)13-10-17)28(24)18-6-4-3-5-7-18/h3-14,16,30H,1-2H3,(H,25,31). The molecule has 0 radical (unpaired) electrons. The van der Waals surface area contributed by atoms with Crippen molar-refractivity contribution in [3.8, 4) is 22.8 Å². The summed E-state index contributed by atoms with van der Waals surface area (Å²) in [6.45, 7) is 3.50. The monoisotopic (exact) mass is 475 g/mol. The Morgan fingerprint density at radius 2 is 1.79 bits per heavy atom. The van der Waals surface area contributed by atoms with Crippen molar-refractivity contribution in [2.45, 2.75) is 24.3 Å². The minimum Gasteiger partial charge on any atom is -0.508 e. The molecule has 172 valence electrons. The lowest BCUT2D eigenvalue weighted by Gasteiger charge is -2.15. The van der Waals surface area contributed by atoms with Crippen LogP contribution in [0, 0.1) is 17.0 Å². The van der Waals surface area contributed by atoms with Crippen molar-refractivity contribution in [1.82, 2.24) is 14.8 Å². The molecule has 1 unspecified atom stereocenters. The van der Waals surface area contributed by atoms with E-state index in [0.29, 0.717) is 16.7 Å². The molecule has 0 fully saturated rings. The lowest BCUT2D eigenvalue weighted by molar-refractivity contribution is -0.384. The van der Waals surface area contributed by atoms with Crippen molar-refractivity contribution in [3.05, 3.63) is 88.5 Å². The van der Waals surface area contributed by atoms with Gasteiger partial charge in [0.25, 0.3) is 5.69 Å². The molecule has 0 saturated heterocycles. The van der Waals surface area contributed by atoms with Gasteiger partial charge in [-0.1, -0.05) is 36.0 Å². The number of aromatic nitrogens is 3. The molecule has 4 aromatic rings. The van der Waals surface area contributed by atoms with Crippen molar-refractivity contribution in [1.29, 1.82) is 0 Å². The Bertz CT molecular complexity index is 1340. The number of nitrogens with zero attached hydrogens (tertiary/aromatic N) is 4. The van der Waals surface area contributed by atoms with Crippen LogP contribution in [0.2, 0.25) is 0 Å². The number of nitro groups is 1. The second-order valence-electron chi connectivity index (χ2n) is 7.53. The average Bonchev–Trinajstić information content (AvgIpc) is 3.24. The van der Waals surface area contributed by atoms with Gasteiger partial charge >= 0.3 is 0 Å². The first-order valence-electron chi connectivity index (χ1n) is 10.4. The maximum Gasteiger partial charge on any atom is 0.271 e. The molecule has 2 N–H and O–H groups in total. The Morgan fingerprint density at radius 1 is 1.09 bits per heavy atom. The molecule has 0 spiro atoms. The highest BCUT2D eigenvalue weighted by molar-refractivity contribution is 8.00. The zero-order valence-corrected chi connectivity index (χ0v) is 19.2. The highest BCUT2D eigenvalue weighted by Crippen LogP contribution is 2.31. The van der Waals surface area contributed by atoms with Gasteiger partial charge in [-0.3, -0.25) is 19.5 Å². The molecule has 0 aliphatic heterocycles. The lowest BCUT2D eigenvalue weighted by Crippen LogP contribution is -2.23. The molecule has 3 aromatic carbocycles. The van der Waals surface area contributed by atoms with Gasteiger partial charge < -0.3 is 10.4 Å². The summed E-state index contributed by atoms with van der Waals surface area (Å²) in [5.74, 6) is 0.393. The van der Waals surface area contributed by atoms with Crippen LogP contribution in [0.15, 0.2) is 78.0 Å². The highest BCUT2D eigenvalue weighted by Gasteiger charge is 2.23. The largest absolute Gasteiger partial charge is 0.508 e. The molecule has 1 atom stereocenters. The van der Waals surface area contributed by atoms with Gasteiger partial charge in [0, 0.05) is 23.4 Å². The van der Waals surface area contributed by atoms with Crippen LogP contribution in [0.1, 0.15) is 12.5 Å². The number of carbonyl (C=O) groups excluding carboxylic acids is 1. The second kappa shape index (κ2) is 9.75. The van der Waals surface area contributed by atoms with E-state index in [9.17, 15) is 20.0 Å². The molecule has 0 aliphatic carbocycles. The maximum absolute atomic E-state index is 12.9. The maximum atomic E-state index is 12.9. The summed E-state index contributed by atoms with van der Waals surface area (Å²) in [6.07, 6.45) is 0. The molecule has 9 nitrogen and oxygen atoms in total. The first-order valence-corrected chi connectivity index (χ1v) is 11.2. The quantitative estimate of drug-likeness (QED) is 0.220. The number of benzene rings is 3. The number of anilines is 1. The number of nitro benzene ring substituents is 1. The van der Waals surface area contributed by atoms with Gasteiger partial charge in [0.1, 0.15) is 5.75 Å². The Balaban J connectivity index is 1.62. The van der Waals surface area contributed by atoms with E-state index < -0.39 is 10.2 Å². The zero-order chi connectivity index (χ0) is 24.2. The van der Waals surface area contributed by atoms with Gasteiger partial charge in [0.05, 0.1) is 15.9 Å². The Kier molecular flexibility index (Phi) is 6.60. The molecular weight excluding hydrogens is 454 g/mol.